The van der Waals surface area contributed by atoms with Gasteiger partial charge in [0.1, 0.15) is 11.6 Å². The minimum Gasteiger partial charge on any atom is -0.496 e. The van der Waals surface area contributed by atoms with Crippen molar-refractivity contribution in [3.8, 4) is 17.0 Å². The van der Waals surface area contributed by atoms with Crippen LogP contribution in [0.4, 0.5) is 9.52 Å². The van der Waals surface area contributed by atoms with Crippen LogP contribution in [0.15, 0.2) is 60.0 Å². The van der Waals surface area contributed by atoms with Gasteiger partial charge in [0, 0.05) is 22.6 Å². The van der Waals surface area contributed by atoms with Crippen molar-refractivity contribution in [3.63, 3.8) is 0 Å². The maximum Gasteiger partial charge on any atom is 0.250 e. The van der Waals surface area contributed by atoms with Crippen molar-refractivity contribution in [3.05, 3.63) is 71.4 Å². The third-order valence-corrected chi connectivity index (χ3v) is 4.19. The van der Waals surface area contributed by atoms with Gasteiger partial charge in [-0.25, -0.2) is 9.37 Å². The van der Waals surface area contributed by atoms with Crippen molar-refractivity contribution in [2.75, 3.05) is 12.4 Å². The van der Waals surface area contributed by atoms with E-state index in [1.165, 1.54) is 29.5 Å². The van der Waals surface area contributed by atoms with E-state index in [4.69, 9.17) is 4.74 Å². The van der Waals surface area contributed by atoms with Crippen molar-refractivity contribution in [1.29, 1.82) is 0 Å². The van der Waals surface area contributed by atoms with Crippen molar-refractivity contribution < 1.29 is 13.9 Å². The Morgan fingerprint density at radius 2 is 1.96 bits per heavy atom. The molecular formula is C19H15FN2O2S. The number of benzene rings is 2. The first-order valence-electron chi connectivity index (χ1n) is 7.49. The molecule has 126 valence electrons. The monoisotopic (exact) mass is 354 g/mol. The quantitative estimate of drug-likeness (QED) is 0.681. The molecule has 0 atom stereocenters. The Bertz CT molecular complexity index is 904. The van der Waals surface area contributed by atoms with Crippen LogP contribution >= 0.6 is 11.3 Å². The van der Waals surface area contributed by atoms with Crippen molar-refractivity contribution >= 4 is 28.5 Å². The van der Waals surface area contributed by atoms with E-state index < -0.39 is 0 Å². The molecular weight excluding hydrogens is 339 g/mol. The molecule has 0 unspecified atom stereocenters. The molecule has 0 saturated carbocycles. The molecule has 0 radical (unpaired) electrons. The number of amides is 1. The summed E-state index contributed by atoms with van der Waals surface area (Å²) < 4.78 is 18.2. The lowest BCUT2D eigenvalue weighted by Crippen LogP contribution is -2.07. The highest BCUT2D eigenvalue weighted by molar-refractivity contribution is 7.14. The Balaban J connectivity index is 1.67. The Hall–Kier alpha value is -2.99. The first kappa shape index (κ1) is 16.9. The van der Waals surface area contributed by atoms with Gasteiger partial charge in [-0.1, -0.05) is 18.2 Å². The van der Waals surface area contributed by atoms with Crippen LogP contribution < -0.4 is 10.1 Å². The van der Waals surface area contributed by atoms with Gasteiger partial charge in [-0.05, 0) is 36.4 Å². The Morgan fingerprint density at radius 1 is 1.20 bits per heavy atom. The zero-order valence-corrected chi connectivity index (χ0v) is 14.2. The van der Waals surface area contributed by atoms with Gasteiger partial charge in [0.25, 0.3) is 0 Å². The fraction of sp³-hybridized carbons (Fsp3) is 0.0526. The van der Waals surface area contributed by atoms with E-state index >= 15 is 0 Å². The summed E-state index contributed by atoms with van der Waals surface area (Å²) >= 11 is 1.31. The molecule has 0 bridgehead atoms. The predicted molar refractivity (Wildman–Crippen MR) is 98.2 cm³/mol. The van der Waals surface area contributed by atoms with Gasteiger partial charge in [-0.3, -0.25) is 10.1 Å². The molecule has 0 aliphatic carbocycles. The summed E-state index contributed by atoms with van der Waals surface area (Å²) in [5, 5.41) is 5.01. The van der Waals surface area contributed by atoms with Crippen molar-refractivity contribution in [2.24, 2.45) is 0 Å². The number of para-hydroxylation sites is 1. The molecule has 3 aromatic rings. The normalized spacial score (nSPS) is 10.8. The summed E-state index contributed by atoms with van der Waals surface area (Å²) in [5.41, 5.74) is 2.29. The molecule has 1 heterocycles. The van der Waals surface area contributed by atoms with E-state index in [2.05, 4.69) is 10.3 Å². The highest BCUT2D eigenvalue weighted by Gasteiger charge is 2.07. The Kier molecular flexibility index (Phi) is 5.20. The van der Waals surface area contributed by atoms with Crippen molar-refractivity contribution in [1.82, 2.24) is 4.98 Å². The summed E-state index contributed by atoms with van der Waals surface area (Å²) in [6, 6.07) is 13.5. The summed E-state index contributed by atoms with van der Waals surface area (Å²) in [6.45, 7) is 0. The summed E-state index contributed by atoms with van der Waals surface area (Å²) in [6.07, 6.45) is 3.11. The largest absolute Gasteiger partial charge is 0.496 e. The van der Waals surface area contributed by atoms with Gasteiger partial charge in [-0.2, -0.15) is 0 Å². The van der Waals surface area contributed by atoms with Gasteiger partial charge >= 0.3 is 0 Å². The average molecular weight is 354 g/mol. The minimum atomic E-state index is -0.297. The third kappa shape index (κ3) is 4.30. The number of hydrogen-bond acceptors (Lipinski definition) is 4. The molecule has 0 saturated heterocycles. The molecule has 0 fully saturated rings. The summed E-state index contributed by atoms with van der Waals surface area (Å²) in [5.74, 6) is 0.110. The van der Waals surface area contributed by atoms with Gasteiger partial charge < -0.3 is 4.74 Å². The van der Waals surface area contributed by atoms with Crippen LogP contribution in [0.2, 0.25) is 0 Å². The van der Waals surface area contributed by atoms with Crippen molar-refractivity contribution in [2.45, 2.75) is 0 Å². The van der Waals surface area contributed by atoms with Gasteiger partial charge in [-0.15, -0.1) is 11.3 Å². The molecule has 0 spiro atoms. The van der Waals surface area contributed by atoms with Crippen LogP contribution in [0.1, 0.15) is 5.56 Å². The molecule has 4 nitrogen and oxygen atoms in total. The van der Waals surface area contributed by atoms with E-state index in [0.29, 0.717) is 16.6 Å². The van der Waals surface area contributed by atoms with Crippen LogP contribution in [0.5, 0.6) is 5.75 Å². The molecule has 1 aromatic heterocycles. The maximum atomic E-state index is 13.0. The Labute approximate surface area is 148 Å². The molecule has 6 heteroatoms. The van der Waals surface area contributed by atoms with E-state index in [1.807, 2.05) is 29.6 Å². The van der Waals surface area contributed by atoms with Gasteiger partial charge in [0.15, 0.2) is 5.13 Å². The zero-order valence-electron chi connectivity index (χ0n) is 13.4. The SMILES string of the molecule is COc1ccccc1C=CC(=O)Nc1nc(-c2ccc(F)cc2)cs1. The lowest BCUT2D eigenvalue weighted by Gasteiger charge is -2.03. The van der Waals surface area contributed by atoms with E-state index in [1.54, 1.807) is 25.3 Å². The zero-order chi connectivity index (χ0) is 17.6. The number of anilines is 1. The van der Waals surface area contributed by atoms with Crippen LogP contribution in [-0.4, -0.2) is 18.0 Å². The molecule has 2 aromatic carbocycles. The lowest BCUT2D eigenvalue weighted by atomic mass is 10.2. The number of hydrogen-bond donors (Lipinski definition) is 1. The molecule has 0 aliphatic rings. The summed E-state index contributed by atoms with van der Waals surface area (Å²) in [7, 11) is 1.58. The number of nitrogens with zero attached hydrogens (tertiary/aromatic N) is 1. The highest BCUT2D eigenvalue weighted by atomic mass is 32.1. The number of thiazole rings is 1. The highest BCUT2D eigenvalue weighted by Crippen LogP contribution is 2.25. The van der Waals surface area contributed by atoms with Crippen LogP contribution in [0, 0.1) is 5.82 Å². The first-order chi connectivity index (χ1) is 12.2. The van der Waals surface area contributed by atoms with Crippen LogP contribution in [-0.2, 0) is 4.79 Å². The second-order valence-corrected chi connectivity index (χ2v) is 5.97. The number of carbonyl (C=O) groups excluding carboxylic acids is 1. The topological polar surface area (TPSA) is 51.2 Å². The second-order valence-electron chi connectivity index (χ2n) is 5.11. The van der Waals surface area contributed by atoms with Crippen LogP contribution in [0.25, 0.3) is 17.3 Å². The minimum absolute atomic E-state index is 0.286. The van der Waals surface area contributed by atoms with E-state index in [9.17, 15) is 9.18 Å². The first-order valence-corrected chi connectivity index (χ1v) is 8.37. The number of ether oxygens (including phenoxy) is 1. The number of carbonyl (C=O) groups is 1. The third-order valence-electron chi connectivity index (χ3n) is 3.43. The van der Waals surface area contributed by atoms with Gasteiger partial charge in [0.2, 0.25) is 5.91 Å². The predicted octanol–water partition coefficient (Wildman–Crippen LogP) is 4.61. The number of rotatable bonds is 5. The van der Waals surface area contributed by atoms with E-state index in [-0.39, 0.29) is 11.7 Å². The number of aromatic nitrogens is 1. The number of halogens is 1. The average Bonchev–Trinajstić information content (AvgIpc) is 3.09. The molecule has 1 N–H and O–H groups in total. The molecule has 3 rings (SSSR count). The smallest absolute Gasteiger partial charge is 0.250 e. The fourth-order valence-corrected chi connectivity index (χ4v) is 2.92. The standard InChI is InChI=1S/C19H15FN2O2S/c1-24-17-5-3-2-4-14(17)8-11-18(23)22-19-21-16(12-25-19)13-6-9-15(20)10-7-13/h2-12H,1H3,(H,21,22,23). The molecule has 25 heavy (non-hydrogen) atoms. The second kappa shape index (κ2) is 7.72. The lowest BCUT2D eigenvalue weighted by molar-refractivity contribution is -0.111. The summed E-state index contributed by atoms with van der Waals surface area (Å²) in [4.78, 5) is 16.4. The molecule has 0 aliphatic heterocycles. The fourth-order valence-electron chi connectivity index (χ4n) is 2.20. The van der Waals surface area contributed by atoms with Crippen LogP contribution in [0.3, 0.4) is 0 Å². The number of methoxy groups -OCH3 is 1. The Morgan fingerprint density at radius 3 is 2.72 bits per heavy atom. The maximum absolute atomic E-state index is 13.0. The number of nitrogens with one attached hydrogen (secondary N) is 1. The molecule has 1 amide bonds. The van der Waals surface area contributed by atoms with Gasteiger partial charge in [0.05, 0.1) is 12.8 Å². The van der Waals surface area contributed by atoms with E-state index in [0.717, 1.165) is 11.1 Å².